The Labute approximate surface area is 122 Å². The molecule has 1 fully saturated rings. The molecule has 6 nitrogen and oxygen atoms in total. The summed E-state index contributed by atoms with van der Waals surface area (Å²) in [6.07, 6.45) is 0. The number of urea groups is 1. The van der Waals surface area contributed by atoms with Crippen molar-refractivity contribution in [2.24, 2.45) is 0 Å². The average molecular weight is 309 g/mol. The molecule has 20 heavy (non-hydrogen) atoms. The minimum Gasteiger partial charge on any atom is -0.480 e. The number of benzene rings is 1. The second-order valence-electron chi connectivity index (χ2n) is 4.29. The van der Waals surface area contributed by atoms with Gasteiger partial charge in [-0.05, 0) is 18.2 Å². The van der Waals surface area contributed by atoms with Crippen molar-refractivity contribution in [3.63, 3.8) is 0 Å². The quantitative estimate of drug-likeness (QED) is 0.889. The molecule has 1 aliphatic heterocycles. The number of carboxylic acids is 1. The van der Waals surface area contributed by atoms with Gasteiger partial charge in [0.1, 0.15) is 6.04 Å². The summed E-state index contributed by atoms with van der Waals surface area (Å²) in [6.45, 7) is 0. The van der Waals surface area contributed by atoms with Crippen LogP contribution in [0.25, 0.3) is 10.2 Å². The Kier molecular flexibility index (Phi) is 3.49. The number of hydrogen-bond acceptors (Lipinski definition) is 5. The van der Waals surface area contributed by atoms with Gasteiger partial charge in [0.25, 0.3) is 0 Å². The van der Waals surface area contributed by atoms with Gasteiger partial charge >= 0.3 is 12.0 Å². The molecule has 2 heterocycles. The van der Waals surface area contributed by atoms with Crippen molar-refractivity contribution in [2.45, 2.75) is 6.04 Å². The molecule has 0 spiro atoms. The number of aliphatic carboxylic acids is 1. The Bertz CT molecular complexity index is 673. The van der Waals surface area contributed by atoms with Crippen molar-refractivity contribution < 1.29 is 14.7 Å². The number of amides is 2. The van der Waals surface area contributed by atoms with Crippen LogP contribution in [0.1, 0.15) is 0 Å². The van der Waals surface area contributed by atoms with Crippen LogP contribution in [0.5, 0.6) is 0 Å². The molecule has 0 radical (unpaired) electrons. The fourth-order valence-corrected chi connectivity index (χ4v) is 3.84. The van der Waals surface area contributed by atoms with Crippen LogP contribution in [0.2, 0.25) is 0 Å². The number of rotatable bonds is 2. The molecule has 0 saturated carbocycles. The minimum atomic E-state index is -0.969. The Morgan fingerprint density at radius 1 is 1.45 bits per heavy atom. The third kappa shape index (κ3) is 2.44. The maximum atomic E-state index is 12.1. The predicted octanol–water partition coefficient (Wildman–Crippen LogP) is 2.29. The maximum Gasteiger partial charge on any atom is 0.327 e. The van der Waals surface area contributed by atoms with E-state index in [2.05, 4.69) is 10.3 Å². The summed E-state index contributed by atoms with van der Waals surface area (Å²) in [5.41, 5.74) is 3.27. The van der Waals surface area contributed by atoms with Gasteiger partial charge in [-0.1, -0.05) is 0 Å². The van der Waals surface area contributed by atoms with Crippen LogP contribution in [-0.4, -0.2) is 44.7 Å². The summed E-state index contributed by atoms with van der Waals surface area (Å²) in [7, 11) is 0. The summed E-state index contributed by atoms with van der Waals surface area (Å²) in [6, 6.07) is 4.29. The lowest BCUT2D eigenvalue weighted by atomic mass is 10.3. The fraction of sp³-hybridized carbons (Fsp3) is 0.250. The first kappa shape index (κ1) is 13.2. The highest BCUT2D eigenvalue weighted by Gasteiger charge is 2.34. The normalized spacial score (nSPS) is 18.4. The lowest BCUT2D eigenvalue weighted by Crippen LogP contribution is -2.43. The number of carbonyl (C=O) groups excluding carboxylic acids is 1. The van der Waals surface area contributed by atoms with E-state index in [1.807, 2.05) is 12.1 Å². The van der Waals surface area contributed by atoms with Crippen molar-refractivity contribution in [1.29, 1.82) is 0 Å². The molecule has 3 rings (SSSR count). The van der Waals surface area contributed by atoms with Crippen LogP contribution in [0.15, 0.2) is 23.7 Å². The van der Waals surface area contributed by atoms with Crippen molar-refractivity contribution in [3.05, 3.63) is 23.7 Å². The number of thioether (sulfide) groups is 1. The number of fused-ring (bicyclic) bond motifs is 1. The highest BCUT2D eigenvalue weighted by molar-refractivity contribution is 7.99. The SMILES string of the molecule is O=C(O)C1CSCN1C(=O)Nc1ccc2ncsc2c1. The summed E-state index contributed by atoms with van der Waals surface area (Å²) >= 11 is 2.93. The lowest BCUT2D eigenvalue weighted by Gasteiger charge is -2.20. The molecule has 1 atom stereocenters. The van der Waals surface area contributed by atoms with E-state index in [-0.39, 0.29) is 6.03 Å². The van der Waals surface area contributed by atoms with Crippen LogP contribution < -0.4 is 5.32 Å². The number of aromatic nitrogens is 1. The predicted molar refractivity (Wildman–Crippen MR) is 79.2 cm³/mol. The number of anilines is 1. The summed E-state index contributed by atoms with van der Waals surface area (Å²) in [5, 5.41) is 11.8. The number of carbonyl (C=O) groups is 2. The lowest BCUT2D eigenvalue weighted by molar-refractivity contribution is -0.140. The Hall–Kier alpha value is -1.80. The molecule has 1 aliphatic rings. The fourth-order valence-electron chi connectivity index (χ4n) is 1.98. The summed E-state index contributed by atoms with van der Waals surface area (Å²) in [5.74, 6) is -0.148. The Morgan fingerprint density at radius 3 is 3.10 bits per heavy atom. The first-order valence-electron chi connectivity index (χ1n) is 5.86. The summed E-state index contributed by atoms with van der Waals surface area (Å²) in [4.78, 5) is 28.7. The van der Waals surface area contributed by atoms with Crippen molar-refractivity contribution in [1.82, 2.24) is 9.88 Å². The first-order chi connectivity index (χ1) is 9.65. The van der Waals surface area contributed by atoms with E-state index in [0.29, 0.717) is 17.3 Å². The standard InChI is InChI=1S/C12H11N3O3S2/c16-11(17)9-4-19-6-15(9)12(18)14-7-1-2-8-10(3-7)20-5-13-8/h1-3,5,9H,4,6H2,(H,14,18)(H,16,17). The van der Waals surface area contributed by atoms with E-state index in [4.69, 9.17) is 5.11 Å². The van der Waals surface area contributed by atoms with Gasteiger partial charge in [-0.15, -0.1) is 23.1 Å². The molecule has 2 amide bonds. The molecule has 1 saturated heterocycles. The minimum absolute atomic E-state index is 0.383. The first-order valence-corrected chi connectivity index (χ1v) is 7.90. The molecular formula is C12H11N3O3S2. The van der Waals surface area contributed by atoms with E-state index < -0.39 is 12.0 Å². The number of nitrogens with one attached hydrogen (secondary N) is 1. The zero-order chi connectivity index (χ0) is 14.1. The van der Waals surface area contributed by atoms with E-state index in [1.54, 1.807) is 11.6 Å². The molecule has 1 aromatic carbocycles. The van der Waals surface area contributed by atoms with E-state index in [1.165, 1.54) is 28.0 Å². The Morgan fingerprint density at radius 2 is 2.30 bits per heavy atom. The second kappa shape index (κ2) is 5.29. The highest BCUT2D eigenvalue weighted by atomic mass is 32.2. The molecule has 0 aliphatic carbocycles. The smallest absolute Gasteiger partial charge is 0.327 e. The van der Waals surface area contributed by atoms with Crippen molar-refractivity contribution in [3.8, 4) is 0 Å². The third-order valence-corrected chi connectivity index (χ3v) is 4.81. The molecule has 2 aromatic rings. The van der Waals surface area contributed by atoms with Gasteiger partial charge in [-0.25, -0.2) is 14.6 Å². The van der Waals surface area contributed by atoms with E-state index >= 15 is 0 Å². The number of thiazole rings is 1. The Balaban J connectivity index is 1.76. The monoisotopic (exact) mass is 309 g/mol. The molecule has 104 valence electrons. The van der Waals surface area contributed by atoms with E-state index in [9.17, 15) is 9.59 Å². The second-order valence-corrected chi connectivity index (χ2v) is 6.17. The van der Waals surface area contributed by atoms with Gasteiger partial charge in [0.15, 0.2) is 0 Å². The third-order valence-electron chi connectivity index (χ3n) is 3.01. The molecule has 2 N–H and O–H groups in total. The van der Waals surface area contributed by atoms with Crippen LogP contribution in [0.3, 0.4) is 0 Å². The van der Waals surface area contributed by atoms with Crippen LogP contribution >= 0.6 is 23.1 Å². The molecule has 8 heteroatoms. The molecule has 1 aromatic heterocycles. The van der Waals surface area contributed by atoms with Gasteiger partial charge in [0, 0.05) is 11.4 Å². The van der Waals surface area contributed by atoms with Crippen LogP contribution in [0, 0.1) is 0 Å². The molecule has 1 unspecified atom stereocenters. The number of hydrogen-bond donors (Lipinski definition) is 2. The van der Waals surface area contributed by atoms with Gasteiger partial charge in [0.2, 0.25) is 0 Å². The van der Waals surface area contributed by atoms with Gasteiger partial charge in [-0.3, -0.25) is 0 Å². The van der Waals surface area contributed by atoms with Crippen molar-refractivity contribution >= 4 is 51.0 Å². The largest absolute Gasteiger partial charge is 0.480 e. The van der Waals surface area contributed by atoms with Gasteiger partial charge < -0.3 is 15.3 Å². The zero-order valence-electron chi connectivity index (χ0n) is 10.3. The number of nitrogens with zero attached hydrogens (tertiary/aromatic N) is 2. The van der Waals surface area contributed by atoms with Crippen LogP contribution in [-0.2, 0) is 4.79 Å². The van der Waals surface area contributed by atoms with Crippen LogP contribution in [0.4, 0.5) is 10.5 Å². The number of carboxylic acid groups (broad SMARTS) is 1. The maximum absolute atomic E-state index is 12.1. The average Bonchev–Trinajstić information content (AvgIpc) is 3.06. The molecular weight excluding hydrogens is 298 g/mol. The zero-order valence-corrected chi connectivity index (χ0v) is 11.9. The topological polar surface area (TPSA) is 82.5 Å². The van der Waals surface area contributed by atoms with Gasteiger partial charge in [0.05, 0.1) is 21.6 Å². The highest BCUT2D eigenvalue weighted by Crippen LogP contribution is 2.24. The summed E-state index contributed by atoms with van der Waals surface area (Å²) < 4.78 is 0.980. The van der Waals surface area contributed by atoms with Crippen molar-refractivity contribution in [2.75, 3.05) is 16.9 Å². The van der Waals surface area contributed by atoms with Gasteiger partial charge in [-0.2, -0.15) is 0 Å². The van der Waals surface area contributed by atoms with E-state index in [0.717, 1.165) is 10.2 Å². The molecule has 0 bridgehead atoms.